The molecule has 1 aromatic heterocycles. The van der Waals surface area contributed by atoms with Gasteiger partial charge in [0, 0.05) is 36.6 Å². The summed E-state index contributed by atoms with van der Waals surface area (Å²) in [4.78, 5) is 23.0. The third kappa shape index (κ3) is 3.75. The molecule has 5 nitrogen and oxygen atoms in total. The van der Waals surface area contributed by atoms with E-state index in [2.05, 4.69) is 29.4 Å². The largest absolute Gasteiger partial charge is 0.497 e. The second-order valence-electron chi connectivity index (χ2n) is 6.34. The third-order valence-electron chi connectivity index (χ3n) is 4.74. The van der Waals surface area contributed by atoms with Crippen LogP contribution >= 0.6 is 23.1 Å². The van der Waals surface area contributed by atoms with Crippen LogP contribution < -0.4 is 9.64 Å². The van der Waals surface area contributed by atoms with E-state index in [1.807, 2.05) is 23.1 Å². The number of fused-ring (bicyclic) bond motifs is 1. The normalized spacial score (nSPS) is 14.6. The highest BCUT2D eigenvalue weighted by Gasteiger charge is 2.24. The molecule has 1 fully saturated rings. The van der Waals surface area contributed by atoms with Gasteiger partial charge in [0.05, 0.1) is 17.3 Å². The SMILES string of the molecule is COc1cccc(C(=O)N2CCN(c3nc4ccc(SC)cc4s3)CC2)c1. The van der Waals surface area contributed by atoms with Crippen LogP contribution in [0.3, 0.4) is 0 Å². The van der Waals surface area contributed by atoms with E-state index in [4.69, 9.17) is 9.72 Å². The molecule has 2 heterocycles. The van der Waals surface area contributed by atoms with E-state index in [1.165, 1.54) is 9.60 Å². The van der Waals surface area contributed by atoms with Crippen LogP contribution in [0.1, 0.15) is 10.4 Å². The molecule has 0 saturated carbocycles. The fourth-order valence-electron chi connectivity index (χ4n) is 3.19. The Bertz CT molecular complexity index is 965. The quantitative estimate of drug-likeness (QED) is 0.621. The van der Waals surface area contributed by atoms with Crippen molar-refractivity contribution in [2.45, 2.75) is 4.90 Å². The Morgan fingerprint density at radius 2 is 1.96 bits per heavy atom. The first-order valence-corrected chi connectivity index (χ1v) is 10.8. The van der Waals surface area contributed by atoms with Gasteiger partial charge in [-0.15, -0.1) is 11.8 Å². The van der Waals surface area contributed by atoms with Gasteiger partial charge >= 0.3 is 0 Å². The van der Waals surface area contributed by atoms with Gasteiger partial charge < -0.3 is 14.5 Å². The second kappa shape index (κ2) is 7.78. The highest BCUT2D eigenvalue weighted by molar-refractivity contribution is 7.98. The smallest absolute Gasteiger partial charge is 0.254 e. The molecule has 0 bridgehead atoms. The maximum Gasteiger partial charge on any atom is 0.254 e. The molecule has 1 aliphatic rings. The topological polar surface area (TPSA) is 45.7 Å². The van der Waals surface area contributed by atoms with E-state index < -0.39 is 0 Å². The summed E-state index contributed by atoms with van der Waals surface area (Å²) in [5, 5.41) is 1.04. The van der Waals surface area contributed by atoms with Gasteiger partial charge in [0.1, 0.15) is 5.75 Å². The molecule has 0 N–H and O–H groups in total. The summed E-state index contributed by atoms with van der Waals surface area (Å²) in [5.74, 6) is 0.765. The molecule has 140 valence electrons. The van der Waals surface area contributed by atoms with Crippen molar-refractivity contribution in [3.05, 3.63) is 48.0 Å². The van der Waals surface area contributed by atoms with Crippen LogP contribution in [0.2, 0.25) is 0 Å². The number of aromatic nitrogens is 1. The van der Waals surface area contributed by atoms with Gasteiger partial charge in [-0.2, -0.15) is 0 Å². The van der Waals surface area contributed by atoms with Crippen LogP contribution in [0.4, 0.5) is 5.13 Å². The molecule has 1 saturated heterocycles. The van der Waals surface area contributed by atoms with E-state index >= 15 is 0 Å². The number of hydrogen-bond donors (Lipinski definition) is 0. The summed E-state index contributed by atoms with van der Waals surface area (Å²) in [7, 11) is 1.61. The Labute approximate surface area is 166 Å². The second-order valence-corrected chi connectivity index (χ2v) is 8.23. The Morgan fingerprint density at radius 3 is 2.70 bits per heavy atom. The average Bonchev–Trinajstić information content (AvgIpc) is 3.16. The minimum Gasteiger partial charge on any atom is -0.497 e. The van der Waals surface area contributed by atoms with Crippen molar-refractivity contribution in [2.24, 2.45) is 0 Å². The lowest BCUT2D eigenvalue weighted by Crippen LogP contribution is -2.48. The number of carbonyl (C=O) groups excluding carboxylic acids is 1. The van der Waals surface area contributed by atoms with Crippen LogP contribution in [0.15, 0.2) is 47.4 Å². The molecule has 0 atom stereocenters. The number of piperazine rings is 1. The first kappa shape index (κ1) is 18.1. The van der Waals surface area contributed by atoms with Gasteiger partial charge in [-0.05, 0) is 42.7 Å². The molecule has 0 unspecified atom stereocenters. The summed E-state index contributed by atoms with van der Waals surface area (Å²) in [6, 6.07) is 13.7. The number of carbonyl (C=O) groups is 1. The van der Waals surface area contributed by atoms with Crippen molar-refractivity contribution >= 4 is 44.4 Å². The van der Waals surface area contributed by atoms with Crippen molar-refractivity contribution in [3.8, 4) is 5.75 Å². The van der Waals surface area contributed by atoms with E-state index in [0.29, 0.717) is 24.4 Å². The Morgan fingerprint density at radius 1 is 1.15 bits per heavy atom. The number of anilines is 1. The molecule has 1 aliphatic heterocycles. The molecule has 27 heavy (non-hydrogen) atoms. The van der Waals surface area contributed by atoms with Crippen molar-refractivity contribution in [1.29, 1.82) is 0 Å². The Hall–Kier alpha value is -2.25. The monoisotopic (exact) mass is 399 g/mol. The van der Waals surface area contributed by atoms with E-state index in [0.717, 1.165) is 23.7 Å². The molecule has 0 radical (unpaired) electrons. The van der Waals surface area contributed by atoms with Crippen LogP contribution in [0.25, 0.3) is 10.2 Å². The minimum atomic E-state index is 0.0578. The van der Waals surface area contributed by atoms with Gasteiger partial charge in [-0.3, -0.25) is 4.79 Å². The maximum absolute atomic E-state index is 12.8. The summed E-state index contributed by atoms with van der Waals surface area (Å²) in [5.41, 5.74) is 1.72. The highest BCUT2D eigenvalue weighted by Crippen LogP contribution is 2.32. The summed E-state index contributed by atoms with van der Waals surface area (Å²) >= 11 is 3.47. The number of thioether (sulfide) groups is 1. The van der Waals surface area contributed by atoms with Crippen LogP contribution in [-0.2, 0) is 0 Å². The zero-order valence-corrected chi connectivity index (χ0v) is 17.0. The maximum atomic E-state index is 12.8. The number of ether oxygens (including phenoxy) is 1. The van der Waals surface area contributed by atoms with Crippen molar-refractivity contribution in [3.63, 3.8) is 0 Å². The van der Waals surface area contributed by atoms with Gasteiger partial charge in [0.25, 0.3) is 5.91 Å². The molecular formula is C20H21N3O2S2. The summed E-state index contributed by atoms with van der Waals surface area (Å²) < 4.78 is 6.44. The van der Waals surface area contributed by atoms with Gasteiger partial charge in [-0.25, -0.2) is 4.98 Å². The van der Waals surface area contributed by atoms with Crippen LogP contribution in [0.5, 0.6) is 5.75 Å². The predicted molar refractivity (Wildman–Crippen MR) is 113 cm³/mol. The van der Waals surface area contributed by atoms with E-state index in [9.17, 15) is 4.79 Å². The number of hydrogen-bond acceptors (Lipinski definition) is 6. The van der Waals surface area contributed by atoms with Gasteiger partial charge in [0.2, 0.25) is 0 Å². The average molecular weight is 400 g/mol. The molecule has 3 aromatic rings. The number of nitrogens with zero attached hydrogens (tertiary/aromatic N) is 3. The number of thiazole rings is 1. The van der Waals surface area contributed by atoms with Crippen LogP contribution in [0, 0.1) is 0 Å². The lowest BCUT2D eigenvalue weighted by atomic mass is 10.1. The molecule has 4 rings (SSSR count). The van der Waals surface area contributed by atoms with E-state index in [1.54, 1.807) is 36.3 Å². The highest BCUT2D eigenvalue weighted by atomic mass is 32.2. The lowest BCUT2D eigenvalue weighted by molar-refractivity contribution is 0.0746. The minimum absolute atomic E-state index is 0.0578. The van der Waals surface area contributed by atoms with Gasteiger partial charge in [0.15, 0.2) is 5.13 Å². The van der Waals surface area contributed by atoms with Crippen molar-refractivity contribution in [2.75, 3.05) is 44.4 Å². The number of rotatable bonds is 4. The summed E-state index contributed by atoms with van der Waals surface area (Å²) in [6.07, 6.45) is 2.08. The predicted octanol–water partition coefficient (Wildman–Crippen LogP) is 3.99. The number of methoxy groups -OCH3 is 1. The van der Waals surface area contributed by atoms with Crippen molar-refractivity contribution < 1.29 is 9.53 Å². The van der Waals surface area contributed by atoms with Crippen molar-refractivity contribution in [1.82, 2.24) is 9.88 Å². The zero-order chi connectivity index (χ0) is 18.8. The molecule has 7 heteroatoms. The van der Waals surface area contributed by atoms with Crippen LogP contribution in [-0.4, -0.2) is 55.3 Å². The molecule has 0 spiro atoms. The first-order valence-electron chi connectivity index (χ1n) is 8.81. The fourth-order valence-corrected chi connectivity index (χ4v) is 4.77. The number of benzene rings is 2. The molecule has 0 aliphatic carbocycles. The molecule has 1 amide bonds. The summed E-state index contributed by atoms with van der Waals surface area (Å²) in [6.45, 7) is 2.99. The fraction of sp³-hybridized carbons (Fsp3) is 0.300. The lowest BCUT2D eigenvalue weighted by Gasteiger charge is -2.34. The van der Waals surface area contributed by atoms with E-state index in [-0.39, 0.29) is 5.91 Å². The molecular weight excluding hydrogens is 378 g/mol. The van der Waals surface area contributed by atoms with Gasteiger partial charge in [-0.1, -0.05) is 17.4 Å². The number of amides is 1. The Kier molecular flexibility index (Phi) is 5.22. The first-order chi connectivity index (χ1) is 13.2. The third-order valence-corrected chi connectivity index (χ3v) is 6.54. The zero-order valence-electron chi connectivity index (χ0n) is 15.3. The Balaban J connectivity index is 1.44. The molecule has 2 aromatic carbocycles. The standard InChI is InChI=1S/C20H21N3O2S2/c1-25-15-5-3-4-14(12-15)19(24)22-8-10-23(11-9-22)20-21-17-7-6-16(26-2)13-18(17)27-20/h3-7,12-13H,8-11H2,1-2H3.